The molecule has 92 valence electrons. The highest BCUT2D eigenvalue weighted by Gasteiger charge is 2.31. The molecule has 0 bridgehead atoms. The summed E-state index contributed by atoms with van der Waals surface area (Å²) in [6.45, 7) is 6.38. The first-order valence-electron chi connectivity index (χ1n) is 6.17. The predicted octanol–water partition coefficient (Wildman–Crippen LogP) is 3.19. The van der Waals surface area contributed by atoms with Crippen LogP contribution in [0.15, 0.2) is 23.8 Å². The SMILES string of the molecule is CCC(=Cc1cccc2c1OC(C)(C)C2)CO. The van der Waals surface area contributed by atoms with Gasteiger partial charge < -0.3 is 9.84 Å². The van der Waals surface area contributed by atoms with Crippen LogP contribution in [-0.4, -0.2) is 17.3 Å². The van der Waals surface area contributed by atoms with Crippen molar-refractivity contribution in [1.29, 1.82) is 0 Å². The number of rotatable bonds is 3. The molecule has 2 nitrogen and oxygen atoms in total. The molecule has 0 atom stereocenters. The maximum atomic E-state index is 9.23. The van der Waals surface area contributed by atoms with Crippen molar-refractivity contribution < 1.29 is 9.84 Å². The molecule has 0 saturated carbocycles. The summed E-state index contributed by atoms with van der Waals surface area (Å²) in [7, 11) is 0. The normalized spacial score (nSPS) is 17.8. The number of aliphatic hydroxyl groups is 1. The lowest BCUT2D eigenvalue weighted by Gasteiger charge is -2.17. The molecular weight excluding hydrogens is 212 g/mol. The van der Waals surface area contributed by atoms with Crippen molar-refractivity contribution in [2.24, 2.45) is 0 Å². The standard InChI is InChI=1S/C15H20O2/c1-4-11(10-16)8-12-6-5-7-13-9-15(2,3)17-14(12)13/h5-8,16H,4,9-10H2,1-3H3. The highest BCUT2D eigenvalue weighted by Crippen LogP contribution is 2.38. The van der Waals surface area contributed by atoms with Crippen LogP contribution in [0, 0.1) is 0 Å². The van der Waals surface area contributed by atoms with E-state index in [1.807, 2.05) is 12.1 Å². The first-order valence-corrected chi connectivity index (χ1v) is 6.17. The second kappa shape index (κ2) is 4.53. The second-order valence-electron chi connectivity index (χ2n) is 5.19. The van der Waals surface area contributed by atoms with Crippen LogP contribution in [0.1, 0.15) is 38.3 Å². The van der Waals surface area contributed by atoms with E-state index in [0.717, 1.165) is 29.7 Å². The Bertz CT molecular complexity index is 438. The molecule has 1 aromatic carbocycles. The highest BCUT2D eigenvalue weighted by molar-refractivity contribution is 5.63. The molecule has 0 aliphatic carbocycles. The first kappa shape index (κ1) is 12.2. The number of hydrogen-bond donors (Lipinski definition) is 1. The fraction of sp³-hybridized carbons (Fsp3) is 0.467. The maximum absolute atomic E-state index is 9.23. The van der Waals surface area contributed by atoms with Gasteiger partial charge in [-0.1, -0.05) is 25.1 Å². The number of ether oxygens (including phenoxy) is 1. The van der Waals surface area contributed by atoms with Gasteiger partial charge in [-0.15, -0.1) is 0 Å². The molecule has 0 unspecified atom stereocenters. The summed E-state index contributed by atoms with van der Waals surface area (Å²) >= 11 is 0. The van der Waals surface area contributed by atoms with Crippen LogP contribution in [0.2, 0.25) is 0 Å². The average molecular weight is 232 g/mol. The predicted molar refractivity (Wildman–Crippen MR) is 70.2 cm³/mol. The fourth-order valence-corrected chi connectivity index (χ4v) is 2.23. The van der Waals surface area contributed by atoms with E-state index in [1.54, 1.807) is 0 Å². The number of aliphatic hydroxyl groups excluding tert-OH is 1. The Hall–Kier alpha value is -1.28. The minimum Gasteiger partial charge on any atom is -0.487 e. The van der Waals surface area contributed by atoms with E-state index in [4.69, 9.17) is 4.74 Å². The summed E-state index contributed by atoms with van der Waals surface area (Å²) in [5, 5.41) is 9.23. The Morgan fingerprint density at radius 3 is 2.88 bits per heavy atom. The van der Waals surface area contributed by atoms with E-state index >= 15 is 0 Å². The summed E-state index contributed by atoms with van der Waals surface area (Å²) in [5.41, 5.74) is 3.26. The van der Waals surface area contributed by atoms with Gasteiger partial charge in [-0.2, -0.15) is 0 Å². The number of para-hydroxylation sites is 1. The lowest BCUT2D eigenvalue weighted by atomic mass is 10.00. The maximum Gasteiger partial charge on any atom is 0.130 e. The van der Waals surface area contributed by atoms with Gasteiger partial charge in [0.1, 0.15) is 11.4 Å². The molecule has 1 aliphatic heterocycles. The molecule has 17 heavy (non-hydrogen) atoms. The topological polar surface area (TPSA) is 29.5 Å². The molecule has 0 fully saturated rings. The number of fused-ring (bicyclic) bond motifs is 1. The van der Waals surface area contributed by atoms with Crippen molar-refractivity contribution in [2.75, 3.05) is 6.61 Å². The van der Waals surface area contributed by atoms with Crippen LogP contribution in [0.25, 0.3) is 6.08 Å². The van der Waals surface area contributed by atoms with Gasteiger partial charge in [0.05, 0.1) is 6.61 Å². The largest absolute Gasteiger partial charge is 0.487 e. The monoisotopic (exact) mass is 232 g/mol. The molecule has 1 N–H and O–H groups in total. The molecule has 0 aromatic heterocycles. The lowest BCUT2D eigenvalue weighted by Crippen LogP contribution is -2.24. The van der Waals surface area contributed by atoms with Gasteiger partial charge in [-0.05, 0) is 37.5 Å². The Morgan fingerprint density at radius 2 is 2.24 bits per heavy atom. The molecule has 1 aromatic rings. The molecular formula is C15H20O2. The van der Waals surface area contributed by atoms with Crippen molar-refractivity contribution in [2.45, 2.75) is 39.2 Å². The third-order valence-corrected chi connectivity index (χ3v) is 3.14. The van der Waals surface area contributed by atoms with Gasteiger partial charge in [-0.3, -0.25) is 0 Å². The van der Waals surface area contributed by atoms with Gasteiger partial charge in [0.15, 0.2) is 0 Å². The molecule has 1 aliphatic rings. The van der Waals surface area contributed by atoms with Gasteiger partial charge in [-0.25, -0.2) is 0 Å². The van der Waals surface area contributed by atoms with Crippen LogP contribution in [-0.2, 0) is 6.42 Å². The first-order chi connectivity index (χ1) is 8.05. The molecule has 0 saturated heterocycles. The summed E-state index contributed by atoms with van der Waals surface area (Å²) in [4.78, 5) is 0. The van der Waals surface area contributed by atoms with E-state index in [1.165, 1.54) is 5.56 Å². The molecule has 2 rings (SSSR count). The third-order valence-electron chi connectivity index (χ3n) is 3.14. The Kier molecular flexibility index (Phi) is 3.25. The molecule has 0 amide bonds. The minimum atomic E-state index is -0.113. The molecule has 2 heteroatoms. The van der Waals surface area contributed by atoms with Crippen molar-refractivity contribution in [1.82, 2.24) is 0 Å². The van der Waals surface area contributed by atoms with Gasteiger partial charge >= 0.3 is 0 Å². The zero-order chi connectivity index (χ0) is 12.5. The van der Waals surface area contributed by atoms with Gasteiger partial charge in [0.25, 0.3) is 0 Å². The smallest absolute Gasteiger partial charge is 0.130 e. The summed E-state index contributed by atoms with van der Waals surface area (Å²) in [5.74, 6) is 0.983. The molecule has 0 spiro atoms. The van der Waals surface area contributed by atoms with Crippen molar-refractivity contribution >= 4 is 6.08 Å². The lowest BCUT2D eigenvalue weighted by molar-refractivity contribution is 0.138. The zero-order valence-electron chi connectivity index (χ0n) is 10.8. The van der Waals surface area contributed by atoms with E-state index < -0.39 is 0 Å². The van der Waals surface area contributed by atoms with E-state index in [-0.39, 0.29) is 12.2 Å². The second-order valence-corrected chi connectivity index (χ2v) is 5.19. The third kappa shape index (κ3) is 2.52. The fourth-order valence-electron chi connectivity index (χ4n) is 2.23. The number of benzene rings is 1. The van der Waals surface area contributed by atoms with E-state index in [2.05, 4.69) is 32.9 Å². The Labute approximate surface area is 103 Å². The average Bonchev–Trinajstić information content (AvgIpc) is 2.60. The van der Waals surface area contributed by atoms with E-state index in [0.29, 0.717) is 0 Å². The van der Waals surface area contributed by atoms with Crippen LogP contribution in [0.4, 0.5) is 0 Å². The van der Waals surface area contributed by atoms with Crippen molar-refractivity contribution in [3.05, 3.63) is 34.9 Å². The Morgan fingerprint density at radius 1 is 1.47 bits per heavy atom. The van der Waals surface area contributed by atoms with Crippen molar-refractivity contribution in [3.8, 4) is 5.75 Å². The van der Waals surface area contributed by atoms with Crippen LogP contribution >= 0.6 is 0 Å². The van der Waals surface area contributed by atoms with Crippen LogP contribution in [0.3, 0.4) is 0 Å². The van der Waals surface area contributed by atoms with Crippen molar-refractivity contribution in [3.63, 3.8) is 0 Å². The minimum absolute atomic E-state index is 0.113. The van der Waals surface area contributed by atoms with Gasteiger partial charge in [0, 0.05) is 12.0 Å². The summed E-state index contributed by atoms with van der Waals surface area (Å²) in [6, 6.07) is 6.22. The van der Waals surface area contributed by atoms with Gasteiger partial charge in [0.2, 0.25) is 0 Å². The summed E-state index contributed by atoms with van der Waals surface area (Å²) in [6.07, 6.45) is 3.86. The number of hydrogen-bond acceptors (Lipinski definition) is 2. The highest BCUT2D eigenvalue weighted by atomic mass is 16.5. The van der Waals surface area contributed by atoms with E-state index in [9.17, 15) is 5.11 Å². The quantitative estimate of drug-likeness (QED) is 0.867. The summed E-state index contributed by atoms with van der Waals surface area (Å²) < 4.78 is 5.99. The Balaban J connectivity index is 2.39. The molecule has 0 radical (unpaired) electrons. The zero-order valence-corrected chi connectivity index (χ0v) is 10.8. The van der Waals surface area contributed by atoms with Crippen LogP contribution in [0.5, 0.6) is 5.75 Å². The van der Waals surface area contributed by atoms with Crippen LogP contribution < -0.4 is 4.74 Å². The molecule has 1 heterocycles.